The molecule has 8 nitrogen and oxygen atoms in total. The summed E-state index contributed by atoms with van der Waals surface area (Å²) in [6, 6.07) is 3.74. The Hall–Kier alpha value is -2.48. The zero-order chi connectivity index (χ0) is 17.8. The fraction of sp³-hybridized carbons (Fsp3) is 0.529. The number of aromatic amines is 1. The molecule has 3 rings (SSSR count). The highest BCUT2D eigenvalue weighted by molar-refractivity contribution is 5.94. The highest BCUT2D eigenvalue weighted by Gasteiger charge is 2.28. The summed E-state index contributed by atoms with van der Waals surface area (Å²) in [7, 11) is 0. The van der Waals surface area contributed by atoms with Crippen LogP contribution in [-0.2, 0) is 4.74 Å². The van der Waals surface area contributed by atoms with E-state index in [0.29, 0.717) is 31.1 Å². The Kier molecular flexibility index (Phi) is 5.28. The number of hydrogen-bond donors (Lipinski definition) is 1. The first-order valence-electron chi connectivity index (χ1n) is 8.63. The van der Waals surface area contributed by atoms with E-state index < -0.39 is 0 Å². The number of anilines is 1. The molecule has 3 heterocycles. The van der Waals surface area contributed by atoms with Gasteiger partial charge in [-0.3, -0.25) is 9.89 Å². The molecule has 2 aromatic heterocycles. The van der Waals surface area contributed by atoms with Crippen molar-refractivity contribution in [2.24, 2.45) is 0 Å². The van der Waals surface area contributed by atoms with Gasteiger partial charge < -0.3 is 14.5 Å². The smallest absolute Gasteiger partial charge is 0.255 e. The zero-order valence-corrected chi connectivity index (χ0v) is 14.9. The Morgan fingerprint density at radius 2 is 2.20 bits per heavy atom. The van der Waals surface area contributed by atoms with Crippen LogP contribution in [0, 0.1) is 6.92 Å². The number of hydrogen-bond acceptors (Lipinski definition) is 6. The maximum absolute atomic E-state index is 12.8. The molecule has 0 radical (unpaired) electrons. The molecule has 0 spiro atoms. The molecule has 2 aromatic rings. The number of rotatable bonds is 5. The summed E-state index contributed by atoms with van der Waals surface area (Å²) >= 11 is 0. The lowest BCUT2D eigenvalue weighted by atomic mass is 10.2. The standard InChI is InChI=1S/C17H24N6O2/c1-4-22(5-2)15-7-6-13(10-18-15)17(24)23-8-9-25-14(11-23)16-19-12(3)20-21-16/h6-7,10,14H,4-5,8-9,11H2,1-3H3,(H,19,20,21)/t14-/m0/s1. The van der Waals surface area contributed by atoms with Crippen molar-refractivity contribution in [1.82, 2.24) is 25.1 Å². The number of carbonyl (C=O) groups is 1. The van der Waals surface area contributed by atoms with Gasteiger partial charge in [0.1, 0.15) is 17.7 Å². The highest BCUT2D eigenvalue weighted by atomic mass is 16.5. The molecule has 1 atom stereocenters. The molecule has 134 valence electrons. The number of ether oxygens (including phenoxy) is 1. The number of nitrogens with zero attached hydrogens (tertiary/aromatic N) is 5. The van der Waals surface area contributed by atoms with E-state index in [0.717, 1.165) is 24.7 Å². The van der Waals surface area contributed by atoms with Crippen molar-refractivity contribution in [3.63, 3.8) is 0 Å². The number of amides is 1. The lowest BCUT2D eigenvalue weighted by molar-refractivity contribution is -0.0266. The molecule has 0 unspecified atom stereocenters. The Morgan fingerprint density at radius 1 is 1.40 bits per heavy atom. The molecule has 8 heteroatoms. The molecule has 0 aliphatic carbocycles. The highest BCUT2D eigenvalue weighted by Crippen LogP contribution is 2.21. The van der Waals surface area contributed by atoms with Gasteiger partial charge in [0.05, 0.1) is 18.7 Å². The zero-order valence-electron chi connectivity index (χ0n) is 14.9. The number of morpholine rings is 1. The second-order valence-corrected chi connectivity index (χ2v) is 5.97. The molecule has 0 saturated carbocycles. The molecule has 1 aliphatic heterocycles. The molecular weight excluding hydrogens is 320 g/mol. The van der Waals surface area contributed by atoms with E-state index in [2.05, 4.69) is 38.9 Å². The molecule has 1 aliphatic rings. The maximum atomic E-state index is 12.8. The van der Waals surface area contributed by atoms with E-state index in [1.54, 1.807) is 11.1 Å². The Labute approximate surface area is 147 Å². The quantitative estimate of drug-likeness (QED) is 0.886. The van der Waals surface area contributed by atoms with Crippen molar-refractivity contribution in [2.45, 2.75) is 26.9 Å². The summed E-state index contributed by atoms with van der Waals surface area (Å²) in [6.07, 6.45) is 1.35. The van der Waals surface area contributed by atoms with Crippen molar-refractivity contribution >= 4 is 11.7 Å². The van der Waals surface area contributed by atoms with Crippen LogP contribution in [0.5, 0.6) is 0 Å². The summed E-state index contributed by atoms with van der Waals surface area (Å²) in [5, 5.41) is 6.95. The van der Waals surface area contributed by atoms with Gasteiger partial charge in [0.2, 0.25) is 0 Å². The maximum Gasteiger partial charge on any atom is 0.255 e. The molecule has 0 bridgehead atoms. The van der Waals surface area contributed by atoms with Gasteiger partial charge in [-0.15, -0.1) is 0 Å². The van der Waals surface area contributed by atoms with Crippen molar-refractivity contribution in [1.29, 1.82) is 0 Å². The van der Waals surface area contributed by atoms with Crippen LogP contribution >= 0.6 is 0 Å². The van der Waals surface area contributed by atoms with Crippen LogP contribution in [0.3, 0.4) is 0 Å². The fourth-order valence-corrected chi connectivity index (χ4v) is 2.92. The van der Waals surface area contributed by atoms with Crippen LogP contribution in [0.2, 0.25) is 0 Å². The first-order valence-corrected chi connectivity index (χ1v) is 8.63. The number of aryl methyl sites for hydroxylation is 1. The predicted molar refractivity (Wildman–Crippen MR) is 93.5 cm³/mol. The lowest BCUT2D eigenvalue weighted by Gasteiger charge is -2.31. The van der Waals surface area contributed by atoms with Gasteiger partial charge in [0.15, 0.2) is 5.82 Å². The van der Waals surface area contributed by atoms with E-state index in [1.165, 1.54) is 0 Å². The van der Waals surface area contributed by atoms with E-state index in [9.17, 15) is 4.79 Å². The molecule has 1 amide bonds. The second kappa shape index (κ2) is 7.60. The largest absolute Gasteiger partial charge is 0.366 e. The topological polar surface area (TPSA) is 87.2 Å². The van der Waals surface area contributed by atoms with Gasteiger partial charge in [-0.05, 0) is 32.9 Å². The molecular formula is C17H24N6O2. The van der Waals surface area contributed by atoms with E-state index >= 15 is 0 Å². The van der Waals surface area contributed by atoms with Gasteiger partial charge in [-0.25, -0.2) is 9.97 Å². The third kappa shape index (κ3) is 3.79. The van der Waals surface area contributed by atoms with E-state index in [1.807, 2.05) is 19.1 Å². The average molecular weight is 344 g/mol. The first-order chi connectivity index (χ1) is 12.1. The van der Waals surface area contributed by atoms with Crippen molar-refractivity contribution in [3.8, 4) is 0 Å². The third-order valence-electron chi connectivity index (χ3n) is 4.34. The molecule has 1 N–H and O–H groups in total. The minimum atomic E-state index is -0.300. The Morgan fingerprint density at radius 3 is 2.80 bits per heavy atom. The second-order valence-electron chi connectivity index (χ2n) is 5.97. The number of H-pyrrole nitrogens is 1. The summed E-state index contributed by atoms with van der Waals surface area (Å²) in [5.74, 6) is 2.17. The Balaban J connectivity index is 1.69. The normalized spacial score (nSPS) is 17.6. The number of carbonyl (C=O) groups excluding carboxylic acids is 1. The molecule has 0 aromatic carbocycles. The number of pyridine rings is 1. The van der Waals surface area contributed by atoms with E-state index in [4.69, 9.17) is 4.74 Å². The fourth-order valence-electron chi connectivity index (χ4n) is 2.92. The van der Waals surface area contributed by atoms with Gasteiger partial charge in [0, 0.05) is 25.8 Å². The van der Waals surface area contributed by atoms with Crippen LogP contribution in [0.15, 0.2) is 18.3 Å². The first kappa shape index (κ1) is 17.3. The summed E-state index contributed by atoms with van der Waals surface area (Å²) < 4.78 is 5.71. The van der Waals surface area contributed by atoms with Crippen LogP contribution in [-0.4, -0.2) is 63.8 Å². The number of nitrogens with one attached hydrogen (secondary N) is 1. The third-order valence-corrected chi connectivity index (χ3v) is 4.34. The van der Waals surface area contributed by atoms with Crippen LogP contribution in [0.4, 0.5) is 5.82 Å². The van der Waals surface area contributed by atoms with Crippen molar-refractivity contribution in [3.05, 3.63) is 35.5 Å². The minimum Gasteiger partial charge on any atom is -0.366 e. The van der Waals surface area contributed by atoms with Gasteiger partial charge >= 0.3 is 0 Å². The SMILES string of the molecule is CCN(CC)c1ccc(C(=O)N2CCO[C@H](c3n[nH]c(C)n3)C2)cn1. The summed E-state index contributed by atoms with van der Waals surface area (Å²) in [4.78, 5) is 25.4. The predicted octanol–water partition coefficient (Wildman–Crippen LogP) is 1.57. The lowest BCUT2D eigenvalue weighted by Crippen LogP contribution is -2.42. The average Bonchev–Trinajstić information content (AvgIpc) is 3.09. The van der Waals surface area contributed by atoms with Crippen molar-refractivity contribution < 1.29 is 9.53 Å². The number of aromatic nitrogens is 4. The molecule has 1 fully saturated rings. The summed E-state index contributed by atoms with van der Waals surface area (Å²) in [6.45, 7) is 9.24. The van der Waals surface area contributed by atoms with Gasteiger partial charge in [-0.1, -0.05) is 0 Å². The van der Waals surface area contributed by atoms with Crippen molar-refractivity contribution in [2.75, 3.05) is 37.7 Å². The van der Waals surface area contributed by atoms with Crippen LogP contribution in [0.25, 0.3) is 0 Å². The van der Waals surface area contributed by atoms with Gasteiger partial charge in [0.25, 0.3) is 5.91 Å². The minimum absolute atomic E-state index is 0.0424. The molecule has 1 saturated heterocycles. The van der Waals surface area contributed by atoms with Crippen LogP contribution in [0.1, 0.15) is 42.0 Å². The van der Waals surface area contributed by atoms with E-state index in [-0.39, 0.29) is 12.0 Å². The van der Waals surface area contributed by atoms with Crippen LogP contribution < -0.4 is 4.90 Å². The van der Waals surface area contributed by atoms with Gasteiger partial charge in [-0.2, -0.15) is 5.10 Å². The molecule has 25 heavy (non-hydrogen) atoms. The monoisotopic (exact) mass is 344 g/mol. The summed E-state index contributed by atoms with van der Waals surface area (Å²) in [5.41, 5.74) is 0.586. The Bertz CT molecular complexity index is 710.